The number of quaternary nitrogens is 1. The monoisotopic (exact) mass is 384 g/mol. The van der Waals surface area contributed by atoms with E-state index >= 15 is 0 Å². The maximum Gasteiger partial charge on any atom is 0.279 e. The Bertz CT molecular complexity index is 769. The summed E-state index contributed by atoms with van der Waals surface area (Å²) in [5.41, 5.74) is 0.669. The van der Waals surface area contributed by atoms with Gasteiger partial charge in [0.15, 0.2) is 13.1 Å². The van der Waals surface area contributed by atoms with Gasteiger partial charge in [-0.2, -0.15) is 0 Å². The van der Waals surface area contributed by atoms with Crippen molar-refractivity contribution in [3.8, 4) is 0 Å². The van der Waals surface area contributed by atoms with Crippen molar-refractivity contribution in [3.63, 3.8) is 0 Å². The van der Waals surface area contributed by atoms with Crippen LogP contribution in [0.4, 0.5) is 15.8 Å². The third-order valence-electron chi connectivity index (χ3n) is 3.26. The van der Waals surface area contributed by atoms with Gasteiger partial charge in [0, 0.05) is 15.7 Å². The van der Waals surface area contributed by atoms with Crippen LogP contribution in [0.5, 0.6) is 0 Å². The maximum absolute atomic E-state index is 13.6. The smallest absolute Gasteiger partial charge is 0.279 e. The number of hydrogen-bond donors (Lipinski definition) is 3. The first-order chi connectivity index (χ1) is 11.8. The normalized spacial score (nSPS) is 11.7. The van der Waals surface area contributed by atoms with E-state index in [2.05, 4.69) is 10.6 Å². The average molecular weight is 385 g/mol. The number of carbonyl (C=O) groups excluding carboxylic acids is 2. The number of likely N-dealkylation sites (N-methyl/N-ethyl adjacent to an activating group) is 1. The number of benzene rings is 2. The van der Waals surface area contributed by atoms with Crippen molar-refractivity contribution >= 4 is 46.4 Å². The van der Waals surface area contributed by atoms with Gasteiger partial charge >= 0.3 is 0 Å². The molecule has 2 aromatic rings. The highest BCUT2D eigenvalue weighted by Crippen LogP contribution is 2.18. The lowest BCUT2D eigenvalue weighted by Crippen LogP contribution is -3.11. The standard InChI is InChI=1S/C17H16Cl2FN3O2/c1-23(9-16(24)21-13-5-2-11(18)3-6-13)10-17(25)22-15-7-4-12(19)8-14(15)20/h2-8H,9-10H2,1H3,(H,21,24)(H,22,25)/p+1. The molecule has 0 saturated heterocycles. The van der Waals surface area contributed by atoms with Crippen molar-refractivity contribution in [3.05, 3.63) is 58.3 Å². The Labute approximate surface area is 154 Å². The van der Waals surface area contributed by atoms with Gasteiger partial charge in [-0.15, -0.1) is 0 Å². The SMILES string of the molecule is C[NH+](CC(=O)Nc1ccc(Cl)cc1)CC(=O)Nc1ccc(Cl)cc1F. The highest BCUT2D eigenvalue weighted by atomic mass is 35.5. The second-order valence-corrected chi connectivity index (χ2v) is 6.41. The summed E-state index contributed by atoms with van der Waals surface area (Å²) in [6, 6.07) is 10.7. The number of hydrogen-bond acceptors (Lipinski definition) is 2. The van der Waals surface area contributed by atoms with E-state index in [0.717, 1.165) is 6.07 Å². The lowest BCUT2D eigenvalue weighted by molar-refractivity contribution is -0.862. The molecule has 5 nitrogen and oxygen atoms in total. The summed E-state index contributed by atoms with van der Waals surface area (Å²) in [5, 5.41) is 5.99. The van der Waals surface area contributed by atoms with Crippen molar-refractivity contribution in [2.75, 3.05) is 30.8 Å². The molecular weight excluding hydrogens is 368 g/mol. The Kier molecular flexibility index (Phi) is 6.75. The van der Waals surface area contributed by atoms with Crippen LogP contribution in [-0.4, -0.2) is 32.0 Å². The lowest BCUT2D eigenvalue weighted by Gasteiger charge is -2.14. The first kappa shape index (κ1) is 19.2. The lowest BCUT2D eigenvalue weighted by atomic mass is 10.3. The fourth-order valence-corrected chi connectivity index (χ4v) is 2.42. The summed E-state index contributed by atoms with van der Waals surface area (Å²) in [5.74, 6) is -1.26. The molecule has 0 aliphatic carbocycles. The van der Waals surface area contributed by atoms with E-state index in [1.54, 1.807) is 31.3 Å². The first-order valence-corrected chi connectivity index (χ1v) is 8.20. The molecule has 2 rings (SSSR count). The van der Waals surface area contributed by atoms with Gasteiger partial charge in [0.05, 0.1) is 12.7 Å². The molecule has 132 valence electrons. The zero-order valence-electron chi connectivity index (χ0n) is 13.4. The molecule has 0 radical (unpaired) electrons. The molecule has 0 aliphatic heterocycles. The molecule has 0 aromatic heterocycles. The first-order valence-electron chi connectivity index (χ1n) is 7.45. The van der Waals surface area contributed by atoms with Gasteiger partial charge in [-0.1, -0.05) is 23.2 Å². The Hall–Kier alpha value is -2.15. The number of nitrogens with one attached hydrogen (secondary N) is 3. The quantitative estimate of drug-likeness (QED) is 0.714. The Morgan fingerprint density at radius 3 is 2.12 bits per heavy atom. The molecule has 1 unspecified atom stereocenters. The average Bonchev–Trinajstić information content (AvgIpc) is 2.52. The van der Waals surface area contributed by atoms with E-state index in [0.29, 0.717) is 15.6 Å². The van der Waals surface area contributed by atoms with Gasteiger partial charge in [-0.25, -0.2) is 4.39 Å². The highest BCUT2D eigenvalue weighted by Gasteiger charge is 2.15. The summed E-state index contributed by atoms with van der Waals surface area (Å²) in [6.45, 7) is 0.0925. The topological polar surface area (TPSA) is 62.6 Å². The van der Waals surface area contributed by atoms with Crippen LogP contribution >= 0.6 is 23.2 Å². The molecule has 8 heteroatoms. The van der Waals surface area contributed by atoms with E-state index < -0.39 is 11.7 Å². The molecule has 0 saturated carbocycles. The molecular formula is C17H17Cl2FN3O2+. The maximum atomic E-state index is 13.6. The van der Waals surface area contributed by atoms with Gasteiger partial charge in [0.25, 0.3) is 11.8 Å². The molecule has 0 spiro atoms. The molecule has 0 fully saturated rings. The summed E-state index contributed by atoms with van der Waals surface area (Å²) in [4.78, 5) is 24.6. The van der Waals surface area contributed by atoms with Crippen molar-refractivity contribution in [2.24, 2.45) is 0 Å². The van der Waals surface area contributed by atoms with Crippen LogP contribution in [0.2, 0.25) is 10.0 Å². The molecule has 2 aromatic carbocycles. The third kappa shape index (κ3) is 6.34. The van der Waals surface area contributed by atoms with Crippen LogP contribution in [0.15, 0.2) is 42.5 Å². The number of amides is 2. The van der Waals surface area contributed by atoms with Crippen molar-refractivity contribution in [1.29, 1.82) is 0 Å². The van der Waals surface area contributed by atoms with Gasteiger partial charge < -0.3 is 15.5 Å². The summed E-state index contributed by atoms with van der Waals surface area (Å²) in [7, 11) is 1.69. The minimum absolute atomic E-state index is 0.0100. The Balaban J connectivity index is 1.82. The van der Waals surface area contributed by atoms with Crippen LogP contribution in [-0.2, 0) is 9.59 Å². The molecule has 3 N–H and O–H groups in total. The third-order valence-corrected chi connectivity index (χ3v) is 3.74. The highest BCUT2D eigenvalue weighted by molar-refractivity contribution is 6.31. The molecule has 0 bridgehead atoms. The van der Waals surface area contributed by atoms with Crippen LogP contribution in [0.25, 0.3) is 0 Å². The fraction of sp³-hybridized carbons (Fsp3) is 0.176. The number of anilines is 2. The minimum Gasteiger partial charge on any atom is -0.322 e. The van der Waals surface area contributed by atoms with Crippen molar-refractivity contribution in [1.82, 2.24) is 0 Å². The molecule has 2 amide bonds. The summed E-state index contributed by atoms with van der Waals surface area (Å²) >= 11 is 11.4. The second kappa shape index (κ2) is 8.80. The Morgan fingerprint density at radius 2 is 1.52 bits per heavy atom. The summed E-state index contributed by atoms with van der Waals surface area (Å²) < 4.78 is 13.6. The Morgan fingerprint density at radius 1 is 0.960 bits per heavy atom. The van der Waals surface area contributed by atoms with Crippen LogP contribution < -0.4 is 15.5 Å². The second-order valence-electron chi connectivity index (χ2n) is 5.54. The molecule has 25 heavy (non-hydrogen) atoms. The largest absolute Gasteiger partial charge is 0.322 e. The minimum atomic E-state index is -0.612. The number of rotatable bonds is 6. The predicted octanol–water partition coefficient (Wildman–Crippen LogP) is 2.22. The van der Waals surface area contributed by atoms with Gasteiger partial charge in [-0.3, -0.25) is 9.59 Å². The zero-order chi connectivity index (χ0) is 18.4. The van der Waals surface area contributed by atoms with Gasteiger partial charge in [0.1, 0.15) is 5.82 Å². The summed E-state index contributed by atoms with van der Waals surface area (Å²) in [6.07, 6.45) is 0. The molecule has 1 atom stereocenters. The van der Waals surface area contributed by atoms with E-state index in [1.165, 1.54) is 12.1 Å². The number of halogens is 3. The van der Waals surface area contributed by atoms with Crippen molar-refractivity contribution in [2.45, 2.75) is 0 Å². The van der Waals surface area contributed by atoms with Crippen LogP contribution in [0.3, 0.4) is 0 Å². The van der Waals surface area contributed by atoms with Gasteiger partial charge in [0.2, 0.25) is 0 Å². The predicted molar refractivity (Wildman–Crippen MR) is 96.7 cm³/mol. The zero-order valence-corrected chi connectivity index (χ0v) is 14.9. The van der Waals surface area contributed by atoms with E-state index in [-0.39, 0.29) is 29.7 Å². The van der Waals surface area contributed by atoms with Crippen molar-refractivity contribution < 1.29 is 18.9 Å². The van der Waals surface area contributed by atoms with Gasteiger partial charge in [-0.05, 0) is 42.5 Å². The molecule has 0 aliphatic rings. The molecule has 0 heterocycles. The van der Waals surface area contributed by atoms with Crippen LogP contribution in [0.1, 0.15) is 0 Å². The van der Waals surface area contributed by atoms with E-state index in [1.807, 2.05) is 0 Å². The van der Waals surface area contributed by atoms with E-state index in [9.17, 15) is 14.0 Å². The fourth-order valence-electron chi connectivity index (χ4n) is 2.13. The number of carbonyl (C=O) groups is 2. The van der Waals surface area contributed by atoms with Crippen LogP contribution in [0, 0.1) is 5.82 Å². The van der Waals surface area contributed by atoms with E-state index in [4.69, 9.17) is 23.2 Å².